The van der Waals surface area contributed by atoms with Crippen molar-refractivity contribution in [2.75, 3.05) is 0 Å². The molecule has 3 aromatic rings. The Morgan fingerprint density at radius 1 is 1.47 bits per heavy atom. The van der Waals surface area contributed by atoms with Crippen molar-refractivity contribution in [2.24, 2.45) is 0 Å². The molecule has 0 unspecified atom stereocenters. The maximum atomic E-state index is 10.7. The topological polar surface area (TPSA) is 118 Å². The molecule has 0 aliphatic heterocycles. The summed E-state index contributed by atoms with van der Waals surface area (Å²) in [5, 5.41) is 19.1. The van der Waals surface area contributed by atoms with Gasteiger partial charge in [0, 0.05) is 17.8 Å². The second kappa shape index (κ2) is 4.41. The molecule has 0 aliphatic rings. The van der Waals surface area contributed by atoms with E-state index < -0.39 is 5.97 Å². The number of H-pyrrole nitrogens is 1. The fraction of sp³-hybridized carbons (Fsp3) is 0.0909. The molecule has 3 heterocycles. The van der Waals surface area contributed by atoms with Crippen LogP contribution in [0.3, 0.4) is 0 Å². The summed E-state index contributed by atoms with van der Waals surface area (Å²) in [4.78, 5) is 14.5. The molecule has 8 nitrogen and oxygen atoms in total. The minimum absolute atomic E-state index is 0.135. The standard InChI is InChI=1S/C11H8N4O4/c16-11(17)9-5-18-10(14-9)2-7-1-8(15-19-7)6-3-12-13-4-6/h1,3-5H,2H2,(H,12,13)(H,16,17). The van der Waals surface area contributed by atoms with Crippen LogP contribution in [0.25, 0.3) is 11.3 Å². The molecule has 0 bridgehead atoms. The van der Waals surface area contributed by atoms with Crippen molar-refractivity contribution < 1.29 is 18.8 Å². The molecule has 96 valence electrons. The highest BCUT2D eigenvalue weighted by Crippen LogP contribution is 2.19. The first kappa shape index (κ1) is 11.2. The van der Waals surface area contributed by atoms with Gasteiger partial charge in [0.15, 0.2) is 5.69 Å². The number of carboxylic acids is 1. The minimum atomic E-state index is -1.13. The Kier molecular flexibility index (Phi) is 2.60. The predicted molar refractivity (Wildman–Crippen MR) is 60.4 cm³/mol. The maximum Gasteiger partial charge on any atom is 0.357 e. The van der Waals surface area contributed by atoms with Crippen molar-refractivity contribution in [1.82, 2.24) is 20.3 Å². The zero-order valence-corrected chi connectivity index (χ0v) is 9.53. The molecule has 0 aliphatic carbocycles. The van der Waals surface area contributed by atoms with Gasteiger partial charge in [-0.1, -0.05) is 5.16 Å². The van der Waals surface area contributed by atoms with Crippen molar-refractivity contribution >= 4 is 5.97 Å². The van der Waals surface area contributed by atoms with E-state index in [4.69, 9.17) is 14.0 Å². The quantitative estimate of drug-likeness (QED) is 0.726. The van der Waals surface area contributed by atoms with E-state index in [2.05, 4.69) is 20.3 Å². The lowest BCUT2D eigenvalue weighted by Gasteiger charge is -1.87. The van der Waals surface area contributed by atoms with Crippen molar-refractivity contribution in [3.05, 3.63) is 42.1 Å². The molecule has 0 spiro atoms. The molecule has 19 heavy (non-hydrogen) atoms. The SMILES string of the molecule is O=C(O)c1coc(Cc2cc(-c3cn[nH]c3)no2)n1. The van der Waals surface area contributed by atoms with Crippen LogP contribution < -0.4 is 0 Å². The van der Waals surface area contributed by atoms with E-state index >= 15 is 0 Å². The molecule has 8 heteroatoms. The van der Waals surface area contributed by atoms with Crippen LogP contribution in [0.4, 0.5) is 0 Å². The molecule has 3 aromatic heterocycles. The Balaban J connectivity index is 1.78. The highest BCUT2D eigenvalue weighted by molar-refractivity contribution is 5.84. The lowest BCUT2D eigenvalue weighted by molar-refractivity contribution is 0.0690. The Labute approximate surface area is 106 Å². The van der Waals surface area contributed by atoms with Crippen LogP contribution in [0.15, 0.2) is 33.7 Å². The number of hydrogen-bond donors (Lipinski definition) is 2. The average Bonchev–Trinajstić information content (AvgIpc) is 3.09. The fourth-order valence-corrected chi connectivity index (χ4v) is 1.56. The van der Waals surface area contributed by atoms with Crippen molar-refractivity contribution in [3.8, 4) is 11.3 Å². The number of carboxylic acid groups (broad SMARTS) is 1. The monoisotopic (exact) mass is 260 g/mol. The van der Waals surface area contributed by atoms with Gasteiger partial charge in [0.05, 0.1) is 12.6 Å². The maximum absolute atomic E-state index is 10.7. The Bertz CT molecular complexity index is 698. The average molecular weight is 260 g/mol. The number of carbonyl (C=O) groups is 1. The van der Waals surface area contributed by atoms with Gasteiger partial charge in [-0.2, -0.15) is 5.10 Å². The summed E-state index contributed by atoms with van der Waals surface area (Å²) < 4.78 is 10.2. The van der Waals surface area contributed by atoms with Crippen LogP contribution in [0, 0.1) is 0 Å². The molecular weight excluding hydrogens is 252 g/mol. The van der Waals surface area contributed by atoms with E-state index in [0.29, 0.717) is 11.5 Å². The van der Waals surface area contributed by atoms with Crippen molar-refractivity contribution in [1.29, 1.82) is 0 Å². The number of aromatic amines is 1. The smallest absolute Gasteiger partial charge is 0.357 e. The Morgan fingerprint density at radius 3 is 3.05 bits per heavy atom. The van der Waals surface area contributed by atoms with Gasteiger partial charge in [-0.3, -0.25) is 5.10 Å². The van der Waals surface area contributed by atoms with E-state index in [-0.39, 0.29) is 18.0 Å². The molecule has 0 radical (unpaired) electrons. The summed E-state index contributed by atoms with van der Waals surface area (Å²) in [7, 11) is 0. The number of nitrogens with zero attached hydrogens (tertiary/aromatic N) is 3. The van der Waals surface area contributed by atoms with Gasteiger partial charge in [-0.15, -0.1) is 0 Å². The highest BCUT2D eigenvalue weighted by Gasteiger charge is 2.14. The number of aromatic carboxylic acids is 1. The van der Waals surface area contributed by atoms with Gasteiger partial charge in [-0.25, -0.2) is 9.78 Å². The summed E-state index contributed by atoms with van der Waals surface area (Å²) in [6.07, 6.45) is 4.63. The van der Waals surface area contributed by atoms with Gasteiger partial charge in [-0.05, 0) is 0 Å². The number of nitrogens with one attached hydrogen (secondary N) is 1. The molecule has 0 atom stereocenters. The second-order valence-corrected chi connectivity index (χ2v) is 3.77. The zero-order chi connectivity index (χ0) is 13.2. The van der Waals surface area contributed by atoms with E-state index in [0.717, 1.165) is 11.8 Å². The first-order valence-electron chi connectivity index (χ1n) is 5.35. The van der Waals surface area contributed by atoms with Crippen LogP contribution in [0.5, 0.6) is 0 Å². The number of rotatable bonds is 4. The molecule has 0 amide bonds. The van der Waals surface area contributed by atoms with Crippen LogP contribution in [-0.2, 0) is 6.42 Å². The Hall–Kier alpha value is -2.90. The third-order valence-electron chi connectivity index (χ3n) is 2.45. The second-order valence-electron chi connectivity index (χ2n) is 3.77. The van der Waals surface area contributed by atoms with Gasteiger partial charge in [0.1, 0.15) is 17.7 Å². The summed E-state index contributed by atoms with van der Waals surface area (Å²) in [5.41, 5.74) is 1.30. The van der Waals surface area contributed by atoms with Crippen molar-refractivity contribution in [2.45, 2.75) is 6.42 Å². The summed E-state index contributed by atoms with van der Waals surface area (Å²) in [6.45, 7) is 0. The van der Waals surface area contributed by atoms with E-state index in [1.807, 2.05) is 0 Å². The molecule has 2 N–H and O–H groups in total. The van der Waals surface area contributed by atoms with Crippen molar-refractivity contribution in [3.63, 3.8) is 0 Å². The number of hydrogen-bond acceptors (Lipinski definition) is 6. The summed E-state index contributed by atoms with van der Waals surface area (Å²) in [5.74, 6) is -0.353. The van der Waals surface area contributed by atoms with Crippen LogP contribution in [-0.4, -0.2) is 31.4 Å². The van der Waals surface area contributed by atoms with Crippen LogP contribution in [0.1, 0.15) is 22.1 Å². The van der Waals surface area contributed by atoms with Gasteiger partial charge in [0.2, 0.25) is 5.89 Å². The summed E-state index contributed by atoms with van der Waals surface area (Å²) in [6, 6.07) is 1.72. The van der Waals surface area contributed by atoms with Gasteiger partial charge < -0.3 is 14.0 Å². The lowest BCUT2D eigenvalue weighted by Crippen LogP contribution is -1.96. The molecule has 0 fully saturated rings. The van der Waals surface area contributed by atoms with Crippen LogP contribution >= 0.6 is 0 Å². The molecular formula is C11H8N4O4. The first-order chi connectivity index (χ1) is 9.22. The molecule has 3 rings (SSSR count). The van der Waals surface area contributed by atoms with Gasteiger partial charge >= 0.3 is 5.97 Å². The predicted octanol–water partition coefficient (Wildman–Crippen LogP) is 1.34. The van der Waals surface area contributed by atoms with E-state index in [1.165, 1.54) is 0 Å². The lowest BCUT2D eigenvalue weighted by atomic mass is 10.2. The largest absolute Gasteiger partial charge is 0.476 e. The minimum Gasteiger partial charge on any atom is -0.476 e. The molecule has 0 saturated heterocycles. The first-order valence-corrected chi connectivity index (χ1v) is 5.35. The van der Waals surface area contributed by atoms with Crippen LogP contribution in [0.2, 0.25) is 0 Å². The van der Waals surface area contributed by atoms with E-state index in [1.54, 1.807) is 18.5 Å². The number of aromatic nitrogens is 4. The fourth-order valence-electron chi connectivity index (χ4n) is 1.56. The van der Waals surface area contributed by atoms with E-state index in [9.17, 15) is 4.79 Å². The zero-order valence-electron chi connectivity index (χ0n) is 9.53. The number of oxazole rings is 1. The Morgan fingerprint density at radius 2 is 2.37 bits per heavy atom. The molecule has 0 saturated carbocycles. The highest BCUT2D eigenvalue weighted by atomic mass is 16.5. The molecule has 0 aromatic carbocycles. The third kappa shape index (κ3) is 2.23. The van der Waals surface area contributed by atoms with Gasteiger partial charge in [0.25, 0.3) is 0 Å². The third-order valence-corrected chi connectivity index (χ3v) is 2.45. The normalized spacial score (nSPS) is 10.7. The summed E-state index contributed by atoms with van der Waals surface area (Å²) >= 11 is 0.